The molecule has 2 heterocycles. The van der Waals surface area contributed by atoms with Gasteiger partial charge in [-0.2, -0.15) is 5.10 Å². The van der Waals surface area contributed by atoms with Crippen LogP contribution in [-0.2, 0) is 13.6 Å². The molecule has 0 aliphatic heterocycles. The Hall–Kier alpha value is -2.34. The molecule has 0 unspecified atom stereocenters. The summed E-state index contributed by atoms with van der Waals surface area (Å²) >= 11 is 6.21. The van der Waals surface area contributed by atoms with Gasteiger partial charge in [-0.15, -0.1) is 0 Å². The number of pyridine rings is 1. The van der Waals surface area contributed by atoms with E-state index in [0.29, 0.717) is 5.15 Å². The fourth-order valence-corrected chi connectivity index (χ4v) is 2.30. The Morgan fingerprint density at radius 2 is 2.14 bits per heavy atom. The first-order valence-corrected chi connectivity index (χ1v) is 6.68. The Morgan fingerprint density at radius 1 is 1.33 bits per heavy atom. The molecule has 0 bridgehead atoms. The van der Waals surface area contributed by atoms with Gasteiger partial charge in [0.15, 0.2) is 0 Å². The number of hydrogen-bond donors (Lipinski definition) is 0. The van der Waals surface area contributed by atoms with E-state index in [1.807, 2.05) is 24.3 Å². The first-order valence-electron chi connectivity index (χ1n) is 6.30. The summed E-state index contributed by atoms with van der Waals surface area (Å²) in [6.45, 7) is 0.285. The summed E-state index contributed by atoms with van der Waals surface area (Å²) < 4.78 is 7.92. The Labute approximate surface area is 125 Å². The van der Waals surface area contributed by atoms with Gasteiger partial charge in [-0.1, -0.05) is 11.6 Å². The van der Waals surface area contributed by atoms with E-state index in [1.165, 1.54) is 15.6 Å². The van der Waals surface area contributed by atoms with Crippen molar-refractivity contribution in [1.29, 1.82) is 0 Å². The third-order valence-corrected chi connectivity index (χ3v) is 3.59. The zero-order chi connectivity index (χ0) is 15.0. The van der Waals surface area contributed by atoms with E-state index in [-0.39, 0.29) is 12.2 Å². The van der Waals surface area contributed by atoms with E-state index in [0.717, 1.165) is 22.2 Å². The van der Waals surface area contributed by atoms with Gasteiger partial charge in [0, 0.05) is 24.1 Å². The SMILES string of the molecule is COc1ccc2cc(Cn3ncn(C)c3=O)c(Cl)nc2c1. The second-order valence-corrected chi connectivity index (χ2v) is 5.04. The number of fused-ring (bicyclic) bond motifs is 1. The minimum absolute atomic E-state index is 0.194. The van der Waals surface area contributed by atoms with Crippen LogP contribution in [0.4, 0.5) is 0 Å². The van der Waals surface area contributed by atoms with Crippen molar-refractivity contribution in [3.8, 4) is 5.75 Å². The zero-order valence-corrected chi connectivity index (χ0v) is 12.3. The van der Waals surface area contributed by atoms with Crippen LogP contribution in [0, 0.1) is 0 Å². The lowest BCUT2D eigenvalue weighted by atomic mass is 10.1. The molecule has 0 fully saturated rings. The third kappa shape index (κ3) is 2.50. The Kier molecular flexibility index (Phi) is 3.39. The lowest BCUT2D eigenvalue weighted by Gasteiger charge is -2.07. The number of rotatable bonds is 3. The number of methoxy groups -OCH3 is 1. The van der Waals surface area contributed by atoms with Gasteiger partial charge in [-0.25, -0.2) is 14.5 Å². The van der Waals surface area contributed by atoms with Gasteiger partial charge in [0.1, 0.15) is 17.2 Å². The first kappa shape index (κ1) is 13.6. The molecule has 0 N–H and O–H groups in total. The van der Waals surface area contributed by atoms with Crippen LogP contribution in [0.25, 0.3) is 10.9 Å². The minimum Gasteiger partial charge on any atom is -0.497 e. The predicted molar refractivity (Wildman–Crippen MR) is 79.9 cm³/mol. The molecule has 0 atom stereocenters. The molecule has 0 aliphatic rings. The fraction of sp³-hybridized carbons (Fsp3) is 0.214. The number of benzene rings is 1. The maximum absolute atomic E-state index is 11.8. The molecule has 108 valence electrons. The number of nitrogens with zero attached hydrogens (tertiary/aromatic N) is 4. The summed E-state index contributed by atoms with van der Waals surface area (Å²) in [6.07, 6.45) is 1.47. The van der Waals surface area contributed by atoms with Crippen molar-refractivity contribution >= 4 is 22.5 Å². The largest absolute Gasteiger partial charge is 0.497 e. The summed E-state index contributed by atoms with van der Waals surface area (Å²) in [4.78, 5) is 16.2. The highest BCUT2D eigenvalue weighted by atomic mass is 35.5. The van der Waals surface area contributed by atoms with Gasteiger partial charge in [-0.3, -0.25) is 4.57 Å². The monoisotopic (exact) mass is 304 g/mol. The highest BCUT2D eigenvalue weighted by Gasteiger charge is 2.09. The standard InChI is InChI=1S/C14H13ClN4O2/c1-18-8-16-19(14(18)20)7-10-5-9-3-4-11(21-2)6-12(9)17-13(10)15/h3-6,8H,7H2,1-2H3. The molecule has 0 spiro atoms. The number of ether oxygens (including phenoxy) is 1. The maximum atomic E-state index is 11.8. The summed E-state index contributed by atoms with van der Waals surface area (Å²) in [5.74, 6) is 0.722. The maximum Gasteiger partial charge on any atom is 0.345 e. The summed E-state index contributed by atoms with van der Waals surface area (Å²) in [5, 5.41) is 5.30. The Balaban J connectivity index is 2.05. The van der Waals surface area contributed by atoms with Crippen LogP contribution in [0.3, 0.4) is 0 Å². The van der Waals surface area contributed by atoms with E-state index in [9.17, 15) is 4.79 Å². The first-order chi connectivity index (χ1) is 10.1. The summed E-state index contributed by atoms with van der Waals surface area (Å²) in [7, 11) is 3.25. The van der Waals surface area contributed by atoms with Crippen LogP contribution in [0.1, 0.15) is 5.56 Å². The van der Waals surface area contributed by atoms with Crippen molar-refractivity contribution in [3.05, 3.63) is 51.8 Å². The van der Waals surface area contributed by atoms with Crippen molar-refractivity contribution in [2.24, 2.45) is 7.05 Å². The lowest BCUT2D eigenvalue weighted by Crippen LogP contribution is -2.23. The van der Waals surface area contributed by atoms with Gasteiger partial charge in [0.05, 0.1) is 19.2 Å². The van der Waals surface area contributed by atoms with Gasteiger partial charge in [-0.05, 0) is 18.2 Å². The number of halogens is 1. The molecule has 0 radical (unpaired) electrons. The highest BCUT2D eigenvalue weighted by molar-refractivity contribution is 6.30. The molecule has 21 heavy (non-hydrogen) atoms. The van der Waals surface area contributed by atoms with E-state index >= 15 is 0 Å². The average Bonchev–Trinajstić information content (AvgIpc) is 2.79. The molecule has 2 aromatic heterocycles. The van der Waals surface area contributed by atoms with Gasteiger partial charge in [0.2, 0.25) is 0 Å². The predicted octanol–water partition coefficient (Wildman–Crippen LogP) is 1.84. The second-order valence-electron chi connectivity index (χ2n) is 4.68. The van der Waals surface area contributed by atoms with Crippen LogP contribution in [0.5, 0.6) is 5.75 Å². The molecular weight excluding hydrogens is 292 g/mol. The topological polar surface area (TPSA) is 61.9 Å². The molecule has 1 aromatic carbocycles. The Morgan fingerprint density at radius 3 is 2.81 bits per heavy atom. The Bertz CT molecular complexity index is 869. The van der Waals surface area contributed by atoms with Crippen LogP contribution < -0.4 is 10.4 Å². The molecule has 0 amide bonds. The third-order valence-electron chi connectivity index (χ3n) is 3.26. The van der Waals surface area contributed by atoms with Gasteiger partial charge in [0.25, 0.3) is 0 Å². The summed E-state index contributed by atoms with van der Waals surface area (Å²) in [6, 6.07) is 7.49. The zero-order valence-electron chi connectivity index (χ0n) is 11.6. The number of aryl methyl sites for hydroxylation is 1. The lowest BCUT2D eigenvalue weighted by molar-refractivity contribution is 0.415. The second kappa shape index (κ2) is 5.21. The van der Waals surface area contributed by atoms with E-state index in [1.54, 1.807) is 14.2 Å². The summed E-state index contributed by atoms with van der Waals surface area (Å²) in [5.41, 5.74) is 1.30. The van der Waals surface area contributed by atoms with Crippen molar-refractivity contribution in [2.45, 2.75) is 6.54 Å². The fourth-order valence-electron chi connectivity index (χ4n) is 2.10. The number of aromatic nitrogens is 4. The molecule has 7 heteroatoms. The minimum atomic E-state index is -0.194. The van der Waals surface area contributed by atoms with Crippen molar-refractivity contribution in [1.82, 2.24) is 19.3 Å². The molecule has 3 rings (SSSR count). The molecule has 0 saturated heterocycles. The smallest absolute Gasteiger partial charge is 0.345 e. The molecule has 3 aromatic rings. The van der Waals surface area contributed by atoms with Crippen molar-refractivity contribution in [2.75, 3.05) is 7.11 Å². The normalized spacial score (nSPS) is 11.0. The van der Waals surface area contributed by atoms with Crippen molar-refractivity contribution < 1.29 is 4.74 Å². The van der Waals surface area contributed by atoms with E-state index in [2.05, 4.69) is 10.1 Å². The van der Waals surface area contributed by atoms with Crippen LogP contribution >= 0.6 is 11.6 Å². The average molecular weight is 305 g/mol. The molecule has 0 saturated carbocycles. The molecule has 0 aliphatic carbocycles. The van der Waals surface area contributed by atoms with Crippen LogP contribution in [-0.4, -0.2) is 26.4 Å². The highest BCUT2D eigenvalue weighted by Crippen LogP contribution is 2.24. The van der Waals surface area contributed by atoms with Crippen molar-refractivity contribution in [3.63, 3.8) is 0 Å². The molecule has 6 nitrogen and oxygen atoms in total. The van der Waals surface area contributed by atoms with E-state index in [4.69, 9.17) is 16.3 Å². The van der Waals surface area contributed by atoms with Crippen LogP contribution in [0.15, 0.2) is 35.4 Å². The van der Waals surface area contributed by atoms with E-state index < -0.39 is 0 Å². The van der Waals surface area contributed by atoms with Gasteiger partial charge < -0.3 is 4.74 Å². The molecular formula is C14H13ClN4O2. The quantitative estimate of drug-likeness (QED) is 0.693. The van der Waals surface area contributed by atoms with Gasteiger partial charge >= 0.3 is 5.69 Å². The van der Waals surface area contributed by atoms with Crippen LogP contribution in [0.2, 0.25) is 5.15 Å². The number of hydrogen-bond acceptors (Lipinski definition) is 4.